The maximum absolute atomic E-state index is 12.3. The Kier molecular flexibility index (Phi) is 5.38. The number of nitrogens with one attached hydrogen (secondary N) is 1. The van der Waals surface area contributed by atoms with Gasteiger partial charge in [0, 0.05) is 13.0 Å². The lowest BCUT2D eigenvalue weighted by atomic mass is 10.2. The standard InChI is InChI=1S/C20H20ClN3O2/c1-13(14(2)25)24-18-10-6-5-9-17(18)23-19(24)11-12-22-20(26)15-7-3-4-8-16(15)21/h3-10,13H,11-12H2,1-2H3,(H,22,26). The summed E-state index contributed by atoms with van der Waals surface area (Å²) >= 11 is 6.06. The van der Waals surface area contributed by atoms with Crippen molar-refractivity contribution in [2.45, 2.75) is 26.3 Å². The Morgan fingerprint density at radius 1 is 1.15 bits per heavy atom. The molecule has 0 radical (unpaired) electrons. The lowest BCUT2D eigenvalue weighted by Crippen LogP contribution is -2.27. The van der Waals surface area contributed by atoms with Crippen LogP contribution in [0, 0.1) is 0 Å². The van der Waals surface area contributed by atoms with Crippen LogP contribution in [0.3, 0.4) is 0 Å². The minimum absolute atomic E-state index is 0.0644. The second kappa shape index (κ2) is 7.70. The third-order valence-electron chi connectivity index (χ3n) is 4.40. The number of carbonyl (C=O) groups excluding carboxylic acids is 2. The first kappa shape index (κ1) is 18.1. The quantitative estimate of drug-likeness (QED) is 0.718. The minimum Gasteiger partial charge on any atom is -0.352 e. The van der Waals surface area contributed by atoms with Crippen molar-refractivity contribution in [1.82, 2.24) is 14.9 Å². The fraction of sp³-hybridized carbons (Fsp3) is 0.250. The SMILES string of the molecule is CC(=O)C(C)n1c(CCNC(=O)c2ccccc2Cl)nc2ccccc21. The van der Waals surface area contributed by atoms with Gasteiger partial charge in [0.1, 0.15) is 5.82 Å². The number of ketones is 1. The van der Waals surface area contributed by atoms with Gasteiger partial charge in [-0.15, -0.1) is 0 Å². The Balaban J connectivity index is 1.79. The zero-order valence-electron chi connectivity index (χ0n) is 14.7. The smallest absolute Gasteiger partial charge is 0.252 e. The molecule has 1 heterocycles. The molecule has 0 fully saturated rings. The van der Waals surface area contributed by atoms with E-state index in [0.717, 1.165) is 16.9 Å². The van der Waals surface area contributed by atoms with Gasteiger partial charge in [-0.25, -0.2) is 4.98 Å². The summed E-state index contributed by atoms with van der Waals surface area (Å²) < 4.78 is 1.94. The van der Waals surface area contributed by atoms with Crippen LogP contribution >= 0.6 is 11.6 Å². The second-order valence-corrected chi connectivity index (χ2v) is 6.57. The number of nitrogens with zero attached hydrogens (tertiary/aromatic N) is 2. The van der Waals surface area contributed by atoms with Crippen LogP contribution in [0.2, 0.25) is 5.02 Å². The van der Waals surface area contributed by atoms with Gasteiger partial charge in [0.25, 0.3) is 5.91 Å². The van der Waals surface area contributed by atoms with E-state index >= 15 is 0 Å². The van der Waals surface area contributed by atoms with Gasteiger partial charge in [0.2, 0.25) is 0 Å². The molecule has 3 aromatic rings. The number of hydrogen-bond acceptors (Lipinski definition) is 3. The lowest BCUT2D eigenvalue weighted by Gasteiger charge is -2.15. The van der Waals surface area contributed by atoms with Gasteiger partial charge in [-0.05, 0) is 38.1 Å². The largest absolute Gasteiger partial charge is 0.352 e. The van der Waals surface area contributed by atoms with Crippen molar-refractivity contribution < 1.29 is 9.59 Å². The van der Waals surface area contributed by atoms with E-state index in [-0.39, 0.29) is 17.7 Å². The van der Waals surface area contributed by atoms with Crippen molar-refractivity contribution in [2.75, 3.05) is 6.54 Å². The molecule has 26 heavy (non-hydrogen) atoms. The van der Waals surface area contributed by atoms with Crippen LogP contribution < -0.4 is 5.32 Å². The zero-order valence-corrected chi connectivity index (χ0v) is 15.5. The summed E-state index contributed by atoms with van der Waals surface area (Å²) in [4.78, 5) is 28.8. The maximum Gasteiger partial charge on any atom is 0.252 e. The molecule has 0 aliphatic rings. The Hall–Kier alpha value is -2.66. The number of halogens is 1. The third-order valence-corrected chi connectivity index (χ3v) is 4.73. The van der Waals surface area contributed by atoms with E-state index in [1.807, 2.05) is 35.8 Å². The van der Waals surface area contributed by atoms with Gasteiger partial charge in [-0.3, -0.25) is 9.59 Å². The van der Waals surface area contributed by atoms with Gasteiger partial charge < -0.3 is 9.88 Å². The summed E-state index contributed by atoms with van der Waals surface area (Å²) in [6.07, 6.45) is 0.516. The second-order valence-electron chi connectivity index (χ2n) is 6.16. The molecule has 0 saturated carbocycles. The highest BCUT2D eigenvalue weighted by Gasteiger charge is 2.19. The van der Waals surface area contributed by atoms with E-state index in [1.165, 1.54) is 0 Å². The van der Waals surface area contributed by atoms with Crippen LogP contribution in [0.15, 0.2) is 48.5 Å². The molecule has 0 bridgehead atoms. The highest BCUT2D eigenvalue weighted by molar-refractivity contribution is 6.33. The van der Waals surface area contributed by atoms with E-state index < -0.39 is 0 Å². The number of para-hydroxylation sites is 2. The van der Waals surface area contributed by atoms with Gasteiger partial charge in [0.05, 0.1) is 27.7 Å². The number of fused-ring (bicyclic) bond motifs is 1. The molecule has 1 amide bonds. The van der Waals surface area contributed by atoms with E-state index in [1.54, 1.807) is 31.2 Å². The molecule has 3 rings (SSSR count). The summed E-state index contributed by atoms with van der Waals surface area (Å²) in [6, 6.07) is 14.3. The normalized spacial score (nSPS) is 12.1. The molecule has 5 nitrogen and oxygen atoms in total. The Morgan fingerprint density at radius 3 is 2.58 bits per heavy atom. The van der Waals surface area contributed by atoms with Crippen molar-refractivity contribution in [2.24, 2.45) is 0 Å². The molecule has 6 heteroatoms. The average Bonchev–Trinajstić information content (AvgIpc) is 2.99. The summed E-state index contributed by atoms with van der Waals surface area (Å²) in [6.45, 7) is 3.84. The Labute approximate surface area is 157 Å². The first-order valence-corrected chi connectivity index (χ1v) is 8.86. The van der Waals surface area contributed by atoms with Crippen molar-refractivity contribution in [3.05, 3.63) is 64.9 Å². The summed E-state index contributed by atoms with van der Waals surface area (Å²) in [5.74, 6) is 0.612. The van der Waals surface area contributed by atoms with Crippen LogP contribution in [-0.4, -0.2) is 27.8 Å². The average molecular weight is 370 g/mol. The maximum atomic E-state index is 12.3. The van der Waals surface area contributed by atoms with E-state index in [2.05, 4.69) is 10.3 Å². The Morgan fingerprint density at radius 2 is 1.85 bits per heavy atom. The molecule has 1 atom stereocenters. The van der Waals surface area contributed by atoms with Crippen molar-refractivity contribution in [3.8, 4) is 0 Å². The molecule has 1 N–H and O–H groups in total. The molecule has 1 aromatic heterocycles. The van der Waals surface area contributed by atoms with Crippen molar-refractivity contribution in [3.63, 3.8) is 0 Å². The summed E-state index contributed by atoms with van der Waals surface area (Å²) in [5, 5.41) is 3.29. The fourth-order valence-corrected chi connectivity index (χ4v) is 3.13. The van der Waals surface area contributed by atoms with Crippen LogP contribution in [0.1, 0.15) is 36.1 Å². The van der Waals surface area contributed by atoms with Crippen LogP contribution in [0.4, 0.5) is 0 Å². The first-order valence-electron chi connectivity index (χ1n) is 8.48. The number of Topliss-reactive ketones (excluding diaryl/α,β-unsaturated/α-hetero) is 1. The number of rotatable bonds is 6. The van der Waals surface area contributed by atoms with Crippen molar-refractivity contribution in [1.29, 1.82) is 0 Å². The van der Waals surface area contributed by atoms with Gasteiger partial charge in [0.15, 0.2) is 5.78 Å². The van der Waals surface area contributed by atoms with Crippen LogP contribution in [0.5, 0.6) is 0 Å². The molecule has 2 aromatic carbocycles. The molecular formula is C20H20ClN3O2. The fourth-order valence-electron chi connectivity index (χ4n) is 2.91. The number of benzene rings is 2. The van der Waals surface area contributed by atoms with E-state index in [4.69, 9.17) is 11.6 Å². The van der Waals surface area contributed by atoms with E-state index in [0.29, 0.717) is 23.6 Å². The van der Waals surface area contributed by atoms with Gasteiger partial charge in [-0.2, -0.15) is 0 Å². The third kappa shape index (κ3) is 3.63. The van der Waals surface area contributed by atoms with Gasteiger partial charge >= 0.3 is 0 Å². The monoisotopic (exact) mass is 369 g/mol. The van der Waals surface area contributed by atoms with Gasteiger partial charge in [-0.1, -0.05) is 35.9 Å². The van der Waals surface area contributed by atoms with Crippen LogP contribution in [-0.2, 0) is 11.2 Å². The number of imidazole rings is 1. The number of hydrogen-bond donors (Lipinski definition) is 1. The number of amides is 1. The predicted molar refractivity (Wildman–Crippen MR) is 103 cm³/mol. The van der Waals surface area contributed by atoms with Crippen molar-refractivity contribution >= 4 is 34.3 Å². The zero-order chi connectivity index (χ0) is 18.7. The molecule has 0 aliphatic carbocycles. The summed E-state index contributed by atoms with van der Waals surface area (Å²) in [7, 11) is 0. The van der Waals surface area contributed by atoms with E-state index in [9.17, 15) is 9.59 Å². The Bertz CT molecular complexity index is 965. The van der Waals surface area contributed by atoms with Crippen LogP contribution in [0.25, 0.3) is 11.0 Å². The minimum atomic E-state index is -0.309. The number of carbonyl (C=O) groups is 2. The highest BCUT2D eigenvalue weighted by atomic mass is 35.5. The number of aromatic nitrogens is 2. The molecule has 1 unspecified atom stereocenters. The topological polar surface area (TPSA) is 64.0 Å². The molecular weight excluding hydrogens is 350 g/mol. The highest BCUT2D eigenvalue weighted by Crippen LogP contribution is 2.22. The lowest BCUT2D eigenvalue weighted by molar-refractivity contribution is -0.119. The molecule has 0 saturated heterocycles. The molecule has 0 spiro atoms. The molecule has 0 aliphatic heterocycles. The molecule has 134 valence electrons. The first-order chi connectivity index (χ1) is 12.5. The predicted octanol–water partition coefficient (Wildman–Crippen LogP) is 3.81. The summed E-state index contributed by atoms with van der Waals surface area (Å²) in [5.41, 5.74) is 2.20.